The minimum Gasteiger partial charge on any atom is -0.481 e. The van der Waals surface area contributed by atoms with Gasteiger partial charge in [0.05, 0.1) is 23.6 Å². The van der Waals surface area contributed by atoms with Crippen molar-refractivity contribution in [3.8, 4) is 0 Å². The molecule has 1 fully saturated rings. The van der Waals surface area contributed by atoms with E-state index < -0.39 is 5.97 Å². The van der Waals surface area contributed by atoms with Crippen LogP contribution in [0.2, 0.25) is 0 Å². The van der Waals surface area contributed by atoms with Crippen LogP contribution >= 0.6 is 11.8 Å². The van der Waals surface area contributed by atoms with Gasteiger partial charge in [0, 0.05) is 0 Å². The number of nitrogens with zero attached hydrogens (tertiary/aromatic N) is 1. The molecule has 1 unspecified atom stereocenters. The van der Waals surface area contributed by atoms with E-state index >= 15 is 0 Å². The number of hydrogen-bond donors (Lipinski definition) is 1. The highest BCUT2D eigenvalue weighted by Crippen LogP contribution is 2.25. The highest BCUT2D eigenvalue weighted by atomic mass is 32.2. The molecule has 0 aliphatic carbocycles. The van der Waals surface area contributed by atoms with Crippen LogP contribution in [0, 0.1) is 0 Å². The molecule has 0 spiro atoms. The molecule has 1 aliphatic heterocycles. The Hall–Kier alpha value is -1.82. The molecule has 1 aromatic rings. The van der Waals surface area contributed by atoms with Crippen LogP contribution in [0.4, 0.5) is 5.69 Å². The summed E-state index contributed by atoms with van der Waals surface area (Å²) in [7, 11) is 0. The molecule has 1 saturated heterocycles. The fourth-order valence-electron chi connectivity index (χ4n) is 2.11. The van der Waals surface area contributed by atoms with Gasteiger partial charge in [-0.2, -0.15) is 0 Å². The van der Waals surface area contributed by atoms with Gasteiger partial charge in [-0.15, -0.1) is 11.8 Å². The molecular weight excluding hydrogens is 278 g/mol. The first-order chi connectivity index (χ1) is 9.49. The average Bonchev–Trinajstić information content (AvgIpc) is 2.38. The van der Waals surface area contributed by atoms with Gasteiger partial charge in [-0.3, -0.25) is 14.4 Å². The van der Waals surface area contributed by atoms with E-state index in [9.17, 15) is 14.4 Å². The first kappa shape index (κ1) is 14.6. The predicted octanol–water partition coefficient (Wildman–Crippen LogP) is 1.87. The maximum Gasteiger partial charge on any atom is 0.303 e. The number of benzene rings is 1. The molecule has 106 valence electrons. The van der Waals surface area contributed by atoms with Crippen molar-refractivity contribution < 1.29 is 19.5 Å². The second-order valence-corrected chi connectivity index (χ2v) is 5.69. The number of imide groups is 1. The van der Waals surface area contributed by atoms with Crippen LogP contribution < -0.4 is 4.90 Å². The molecule has 0 radical (unpaired) electrons. The Morgan fingerprint density at radius 2 is 1.80 bits per heavy atom. The number of carboxylic acids is 1. The molecule has 20 heavy (non-hydrogen) atoms. The molecule has 6 heteroatoms. The van der Waals surface area contributed by atoms with E-state index in [-0.39, 0.29) is 24.2 Å². The summed E-state index contributed by atoms with van der Waals surface area (Å²) in [5.74, 6) is -0.758. The smallest absolute Gasteiger partial charge is 0.303 e. The number of amides is 2. The van der Waals surface area contributed by atoms with Crippen LogP contribution in [-0.4, -0.2) is 34.4 Å². The molecule has 1 aliphatic rings. The summed E-state index contributed by atoms with van der Waals surface area (Å²) in [6.45, 7) is 1.83. The highest BCUT2D eigenvalue weighted by molar-refractivity contribution is 8.00. The van der Waals surface area contributed by atoms with Gasteiger partial charge in [0.15, 0.2) is 0 Å². The third kappa shape index (κ3) is 3.19. The summed E-state index contributed by atoms with van der Waals surface area (Å²) in [6.07, 6.45) is 0.0531. The molecule has 1 N–H and O–H groups in total. The number of carbonyl (C=O) groups excluding carboxylic acids is 2. The molecule has 0 bridgehead atoms. The molecule has 0 saturated carbocycles. The lowest BCUT2D eigenvalue weighted by Gasteiger charge is -2.24. The summed E-state index contributed by atoms with van der Waals surface area (Å²) in [5, 5.41) is 8.77. The summed E-state index contributed by atoms with van der Waals surface area (Å²) in [4.78, 5) is 35.4. The van der Waals surface area contributed by atoms with Crippen molar-refractivity contribution in [2.75, 3.05) is 16.4 Å². The molecule has 5 nitrogen and oxygen atoms in total. The molecule has 1 aromatic carbocycles. The normalized spacial score (nSPS) is 17.1. The van der Waals surface area contributed by atoms with Crippen molar-refractivity contribution >= 4 is 35.2 Å². The van der Waals surface area contributed by atoms with E-state index in [1.54, 1.807) is 24.3 Å². The largest absolute Gasteiger partial charge is 0.481 e. The second-order valence-electron chi connectivity index (χ2n) is 4.71. The number of thioether (sulfide) groups is 1. The van der Waals surface area contributed by atoms with Crippen molar-refractivity contribution in [1.29, 1.82) is 0 Å². The molecule has 2 rings (SSSR count). The maximum atomic E-state index is 11.8. The molecule has 0 aromatic heterocycles. The van der Waals surface area contributed by atoms with Crippen LogP contribution in [0.1, 0.15) is 24.8 Å². The molecular formula is C14H15NO4S. The van der Waals surface area contributed by atoms with E-state index in [1.807, 2.05) is 6.92 Å². The fourth-order valence-corrected chi connectivity index (χ4v) is 2.82. The average molecular weight is 293 g/mol. The Bertz CT molecular complexity index is 525. The zero-order valence-electron chi connectivity index (χ0n) is 11.0. The van der Waals surface area contributed by atoms with Crippen molar-refractivity contribution in [2.24, 2.45) is 0 Å². The number of aliphatic carboxylic acids is 1. The van der Waals surface area contributed by atoms with Crippen LogP contribution in [0.15, 0.2) is 24.3 Å². The first-order valence-corrected chi connectivity index (χ1v) is 7.40. The summed E-state index contributed by atoms with van der Waals surface area (Å²) in [5.41, 5.74) is 1.43. The minimum absolute atomic E-state index is 0.0531. The van der Waals surface area contributed by atoms with E-state index in [2.05, 4.69) is 0 Å². The van der Waals surface area contributed by atoms with Gasteiger partial charge in [0.25, 0.3) is 0 Å². The quantitative estimate of drug-likeness (QED) is 0.858. The van der Waals surface area contributed by atoms with Crippen LogP contribution in [0.5, 0.6) is 0 Å². The number of hydrogen-bond acceptors (Lipinski definition) is 4. The highest BCUT2D eigenvalue weighted by Gasteiger charge is 2.27. The zero-order valence-corrected chi connectivity index (χ0v) is 11.9. The fraction of sp³-hybridized carbons (Fsp3) is 0.357. The maximum absolute atomic E-state index is 11.8. The number of carboxylic acid groups (broad SMARTS) is 1. The summed E-state index contributed by atoms with van der Waals surface area (Å²) < 4.78 is 0. The van der Waals surface area contributed by atoms with Crippen molar-refractivity contribution in [1.82, 2.24) is 0 Å². The van der Waals surface area contributed by atoms with E-state index in [0.717, 1.165) is 5.56 Å². The molecule has 1 heterocycles. The van der Waals surface area contributed by atoms with Crippen molar-refractivity contribution in [3.05, 3.63) is 29.8 Å². The minimum atomic E-state index is -0.847. The SMILES string of the molecule is CC(CC(=O)O)c1ccc(N2C(=O)CSCC2=O)cc1. The lowest BCUT2D eigenvalue weighted by Crippen LogP contribution is -2.43. The van der Waals surface area contributed by atoms with Gasteiger partial charge >= 0.3 is 5.97 Å². The Balaban J connectivity index is 2.17. The van der Waals surface area contributed by atoms with E-state index in [0.29, 0.717) is 17.2 Å². The lowest BCUT2D eigenvalue weighted by molar-refractivity contribution is -0.137. The summed E-state index contributed by atoms with van der Waals surface area (Å²) >= 11 is 1.32. The Labute approximate surface area is 121 Å². The van der Waals surface area contributed by atoms with Gasteiger partial charge in [-0.05, 0) is 23.6 Å². The van der Waals surface area contributed by atoms with Crippen LogP contribution in [0.3, 0.4) is 0 Å². The number of anilines is 1. The van der Waals surface area contributed by atoms with E-state index in [4.69, 9.17) is 5.11 Å². The van der Waals surface area contributed by atoms with Crippen molar-refractivity contribution in [2.45, 2.75) is 19.3 Å². The monoisotopic (exact) mass is 293 g/mol. The van der Waals surface area contributed by atoms with Gasteiger partial charge in [-0.25, -0.2) is 4.90 Å². The Morgan fingerprint density at radius 3 is 2.30 bits per heavy atom. The molecule has 1 atom stereocenters. The van der Waals surface area contributed by atoms with Gasteiger partial charge in [0.1, 0.15) is 0 Å². The summed E-state index contributed by atoms with van der Waals surface area (Å²) in [6, 6.07) is 6.93. The van der Waals surface area contributed by atoms with Crippen molar-refractivity contribution in [3.63, 3.8) is 0 Å². The molecule has 2 amide bonds. The Kier molecular flexibility index (Phi) is 4.44. The van der Waals surface area contributed by atoms with Crippen LogP contribution in [0.25, 0.3) is 0 Å². The standard InChI is InChI=1S/C14H15NO4S/c1-9(6-14(18)19)10-2-4-11(5-3-10)15-12(16)7-20-8-13(15)17/h2-5,9H,6-8H2,1H3,(H,18,19). The predicted molar refractivity (Wildman–Crippen MR) is 76.9 cm³/mol. The number of carbonyl (C=O) groups is 3. The second kappa shape index (κ2) is 6.09. The zero-order chi connectivity index (χ0) is 14.7. The number of rotatable bonds is 4. The Morgan fingerprint density at radius 1 is 1.25 bits per heavy atom. The third-order valence-electron chi connectivity index (χ3n) is 3.15. The first-order valence-electron chi connectivity index (χ1n) is 6.24. The third-order valence-corrected chi connectivity index (χ3v) is 4.05. The van der Waals surface area contributed by atoms with Crippen LogP contribution in [-0.2, 0) is 14.4 Å². The van der Waals surface area contributed by atoms with Gasteiger partial charge in [0.2, 0.25) is 11.8 Å². The topological polar surface area (TPSA) is 74.7 Å². The van der Waals surface area contributed by atoms with E-state index in [1.165, 1.54) is 16.7 Å². The van der Waals surface area contributed by atoms with Gasteiger partial charge in [-0.1, -0.05) is 19.1 Å². The lowest BCUT2D eigenvalue weighted by atomic mass is 9.97. The van der Waals surface area contributed by atoms with Gasteiger partial charge < -0.3 is 5.11 Å².